The summed E-state index contributed by atoms with van der Waals surface area (Å²) < 4.78 is -0.366. The van der Waals surface area contributed by atoms with Crippen LogP contribution < -0.4 is 0 Å². The summed E-state index contributed by atoms with van der Waals surface area (Å²) in [6, 6.07) is 0. The number of carbonyl (C=O) groups is 2. The van der Waals surface area contributed by atoms with Crippen LogP contribution in [-0.4, -0.2) is 22.2 Å². The Morgan fingerprint density at radius 3 is 1.89 bits per heavy atom. The zero-order valence-corrected chi connectivity index (χ0v) is 5.75. The molecule has 0 radical (unpaired) electrons. The maximum absolute atomic E-state index is 9.86. The van der Waals surface area contributed by atoms with E-state index in [2.05, 4.69) is 15.9 Å². The maximum atomic E-state index is 9.86. The fourth-order valence-corrected chi connectivity index (χ4v) is 0.366. The summed E-state index contributed by atoms with van der Waals surface area (Å²) in [7, 11) is 0. The number of aliphatic carboxylic acids is 2. The van der Waals surface area contributed by atoms with E-state index < -0.39 is 11.9 Å². The third kappa shape index (κ3) is 3.72. The zero-order chi connectivity index (χ0) is 7.44. The molecule has 0 aromatic heterocycles. The predicted octanol–water partition coefficient (Wildman–Crippen LogP) is 0.434. The molecular weight excluding hydrogens is 192 g/mol. The van der Waals surface area contributed by atoms with E-state index in [1.165, 1.54) is 0 Å². The Balaban J connectivity index is 4.17. The lowest BCUT2D eigenvalue weighted by molar-refractivity contribution is -0.134. The minimum Gasteiger partial charge on any atom is -0.478 e. The molecule has 0 aliphatic carbocycles. The van der Waals surface area contributed by atoms with Crippen molar-refractivity contribution in [3.8, 4) is 0 Å². The topological polar surface area (TPSA) is 74.6 Å². The molecule has 5 heteroatoms. The monoisotopic (exact) mass is 194 g/mol. The van der Waals surface area contributed by atoms with E-state index in [1.807, 2.05) is 0 Å². The van der Waals surface area contributed by atoms with Gasteiger partial charge in [-0.3, -0.25) is 0 Å². The summed E-state index contributed by atoms with van der Waals surface area (Å²) in [5.74, 6) is -2.58. The van der Waals surface area contributed by atoms with Crippen molar-refractivity contribution in [1.82, 2.24) is 0 Å². The predicted molar refractivity (Wildman–Crippen MR) is 32.3 cm³/mol. The Morgan fingerprint density at radius 1 is 1.33 bits per heavy atom. The highest BCUT2D eigenvalue weighted by Crippen LogP contribution is 2.02. The molecule has 0 amide bonds. The van der Waals surface area contributed by atoms with Gasteiger partial charge in [-0.2, -0.15) is 0 Å². The first-order chi connectivity index (χ1) is 4.04. The summed E-state index contributed by atoms with van der Waals surface area (Å²) in [6.45, 7) is 0. The van der Waals surface area contributed by atoms with Gasteiger partial charge in [0, 0.05) is 6.08 Å². The Bertz CT molecular complexity index is 171. The second-order valence-electron chi connectivity index (χ2n) is 1.14. The van der Waals surface area contributed by atoms with Crippen molar-refractivity contribution in [1.29, 1.82) is 0 Å². The Hall–Kier alpha value is -0.840. The van der Waals surface area contributed by atoms with Gasteiger partial charge in [0.1, 0.15) is 4.48 Å². The van der Waals surface area contributed by atoms with Gasteiger partial charge in [0.05, 0.1) is 0 Å². The first kappa shape index (κ1) is 8.16. The lowest BCUT2D eigenvalue weighted by Gasteiger charge is -1.84. The molecule has 0 saturated heterocycles. The molecule has 0 atom stereocenters. The molecule has 0 aliphatic rings. The SMILES string of the molecule is O=C(O)/C=C(/Br)C(=O)O. The zero-order valence-electron chi connectivity index (χ0n) is 4.17. The summed E-state index contributed by atoms with van der Waals surface area (Å²) in [5.41, 5.74) is 0. The van der Waals surface area contributed by atoms with E-state index in [0.717, 1.165) is 0 Å². The molecule has 0 aromatic rings. The van der Waals surface area contributed by atoms with Gasteiger partial charge in [0.25, 0.3) is 0 Å². The van der Waals surface area contributed by atoms with Crippen LogP contribution in [0.2, 0.25) is 0 Å². The molecular formula is C4H3BrO4. The summed E-state index contributed by atoms with van der Waals surface area (Å²) >= 11 is 2.52. The van der Waals surface area contributed by atoms with Gasteiger partial charge in [-0.25, -0.2) is 9.59 Å². The van der Waals surface area contributed by atoms with E-state index in [4.69, 9.17) is 10.2 Å². The molecule has 4 nitrogen and oxygen atoms in total. The Labute approximate surface area is 58.9 Å². The van der Waals surface area contributed by atoms with Crippen molar-refractivity contribution in [3.63, 3.8) is 0 Å². The number of halogens is 1. The molecule has 0 spiro atoms. The Kier molecular flexibility index (Phi) is 2.94. The van der Waals surface area contributed by atoms with Gasteiger partial charge in [-0.1, -0.05) is 0 Å². The van der Waals surface area contributed by atoms with Gasteiger partial charge in [0.2, 0.25) is 0 Å². The highest BCUT2D eigenvalue weighted by atomic mass is 79.9. The highest BCUT2D eigenvalue weighted by molar-refractivity contribution is 9.12. The summed E-state index contributed by atoms with van der Waals surface area (Å²) in [5, 5.41) is 16.0. The van der Waals surface area contributed by atoms with Gasteiger partial charge in [0.15, 0.2) is 0 Å². The molecule has 9 heavy (non-hydrogen) atoms. The van der Waals surface area contributed by atoms with Crippen LogP contribution in [0.3, 0.4) is 0 Å². The largest absolute Gasteiger partial charge is 0.478 e. The van der Waals surface area contributed by atoms with Crippen molar-refractivity contribution >= 4 is 27.9 Å². The van der Waals surface area contributed by atoms with Crippen LogP contribution in [0.25, 0.3) is 0 Å². The number of rotatable bonds is 2. The van der Waals surface area contributed by atoms with E-state index in [1.54, 1.807) is 0 Å². The lowest BCUT2D eigenvalue weighted by atomic mass is 10.5. The number of hydrogen-bond acceptors (Lipinski definition) is 2. The molecule has 50 valence electrons. The second kappa shape index (κ2) is 3.24. The second-order valence-corrected chi connectivity index (χ2v) is 1.99. The smallest absolute Gasteiger partial charge is 0.343 e. The molecule has 0 aromatic carbocycles. The average Bonchev–Trinajstić information content (AvgIpc) is 1.63. The van der Waals surface area contributed by atoms with E-state index >= 15 is 0 Å². The van der Waals surface area contributed by atoms with Crippen molar-refractivity contribution in [2.24, 2.45) is 0 Å². The number of carboxylic acids is 2. The van der Waals surface area contributed by atoms with Crippen molar-refractivity contribution < 1.29 is 19.8 Å². The third-order valence-corrected chi connectivity index (χ3v) is 1.02. The fraction of sp³-hybridized carbons (Fsp3) is 0. The molecule has 2 N–H and O–H groups in total. The van der Waals surface area contributed by atoms with E-state index in [-0.39, 0.29) is 4.48 Å². The minimum atomic E-state index is -1.29. The summed E-state index contributed by atoms with van der Waals surface area (Å²) in [4.78, 5) is 19.6. The number of hydrogen-bond donors (Lipinski definition) is 2. The molecule has 0 fully saturated rings. The van der Waals surface area contributed by atoms with E-state index in [9.17, 15) is 9.59 Å². The first-order valence-electron chi connectivity index (χ1n) is 1.87. The molecule has 0 saturated carbocycles. The third-order valence-electron chi connectivity index (χ3n) is 0.455. The maximum Gasteiger partial charge on any atom is 0.343 e. The van der Waals surface area contributed by atoms with Crippen LogP contribution in [0.15, 0.2) is 10.6 Å². The molecule has 0 aliphatic heterocycles. The Morgan fingerprint density at radius 2 is 1.78 bits per heavy atom. The van der Waals surface area contributed by atoms with Gasteiger partial charge < -0.3 is 10.2 Å². The number of carboxylic acid groups (broad SMARTS) is 2. The lowest BCUT2D eigenvalue weighted by Crippen LogP contribution is -1.97. The fourth-order valence-electron chi connectivity index (χ4n) is 0.170. The van der Waals surface area contributed by atoms with Crippen molar-refractivity contribution in [2.45, 2.75) is 0 Å². The highest BCUT2D eigenvalue weighted by Gasteiger charge is 2.02. The van der Waals surface area contributed by atoms with E-state index in [0.29, 0.717) is 6.08 Å². The minimum absolute atomic E-state index is 0.366. The normalized spacial score (nSPS) is 11.0. The van der Waals surface area contributed by atoms with Crippen LogP contribution in [0.1, 0.15) is 0 Å². The van der Waals surface area contributed by atoms with Crippen LogP contribution in [0.5, 0.6) is 0 Å². The van der Waals surface area contributed by atoms with Crippen LogP contribution in [0.4, 0.5) is 0 Å². The van der Waals surface area contributed by atoms with Crippen LogP contribution in [0, 0.1) is 0 Å². The van der Waals surface area contributed by atoms with Gasteiger partial charge in [-0.15, -0.1) is 0 Å². The quantitative estimate of drug-likeness (QED) is 0.626. The standard InChI is InChI=1S/C4H3BrO4/c5-2(4(8)9)1-3(6)7/h1H,(H,6,7)(H,8,9)/b2-1+. The van der Waals surface area contributed by atoms with Crippen LogP contribution in [-0.2, 0) is 9.59 Å². The first-order valence-corrected chi connectivity index (χ1v) is 2.66. The molecule has 0 rings (SSSR count). The van der Waals surface area contributed by atoms with Crippen molar-refractivity contribution in [3.05, 3.63) is 10.6 Å². The van der Waals surface area contributed by atoms with Gasteiger partial charge in [-0.05, 0) is 15.9 Å². The molecule has 0 bridgehead atoms. The van der Waals surface area contributed by atoms with Gasteiger partial charge >= 0.3 is 11.9 Å². The molecule has 0 unspecified atom stereocenters. The molecule has 0 heterocycles. The van der Waals surface area contributed by atoms with Crippen LogP contribution >= 0.6 is 15.9 Å². The summed E-state index contributed by atoms with van der Waals surface area (Å²) in [6.07, 6.45) is 0.558. The van der Waals surface area contributed by atoms with Crippen molar-refractivity contribution in [2.75, 3.05) is 0 Å². The average molecular weight is 195 g/mol.